The minimum absolute atomic E-state index is 0.231. The monoisotopic (exact) mass is 196 g/mol. The molecule has 0 heterocycles. The van der Waals surface area contributed by atoms with Gasteiger partial charge in [-0.3, -0.25) is 4.79 Å². The van der Waals surface area contributed by atoms with Crippen molar-refractivity contribution in [2.45, 2.75) is 18.3 Å². The molecule has 2 aliphatic rings. The Bertz CT molecular complexity index is 482. The highest BCUT2D eigenvalue weighted by atomic mass is 16.1. The van der Waals surface area contributed by atoms with Crippen molar-refractivity contribution in [2.75, 3.05) is 0 Å². The van der Waals surface area contributed by atoms with Crippen LogP contribution in [0.3, 0.4) is 0 Å². The number of allylic oxidation sites excluding steroid dienone is 3. The second-order valence-corrected chi connectivity index (χ2v) is 4.20. The summed E-state index contributed by atoms with van der Waals surface area (Å²) in [7, 11) is 0. The van der Waals surface area contributed by atoms with Crippen molar-refractivity contribution >= 4 is 11.9 Å². The predicted molar refractivity (Wildman–Crippen MR) is 60.5 cm³/mol. The van der Waals surface area contributed by atoms with E-state index in [0.29, 0.717) is 0 Å². The van der Waals surface area contributed by atoms with Gasteiger partial charge in [0.05, 0.1) is 5.41 Å². The minimum atomic E-state index is -0.342. The van der Waals surface area contributed by atoms with Gasteiger partial charge in [0.15, 0.2) is 5.78 Å². The molecule has 1 spiro atoms. The number of hydrogen-bond acceptors (Lipinski definition) is 1. The van der Waals surface area contributed by atoms with E-state index >= 15 is 0 Å². The van der Waals surface area contributed by atoms with E-state index in [1.807, 2.05) is 18.2 Å². The van der Waals surface area contributed by atoms with Gasteiger partial charge in [0.2, 0.25) is 0 Å². The van der Waals surface area contributed by atoms with E-state index < -0.39 is 0 Å². The van der Waals surface area contributed by atoms with E-state index in [4.69, 9.17) is 0 Å². The van der Waals surface area contributed by atoms with Gasteiger partial charge < -0.3 is 0 Å². The number of hydrogen-bond donors (Lipinski definition) is 0. The van der Waals surface area contributed by atoms with E-state index in [1.54, 1.807) is 6.08 Å². The quantitative estimate of drug-likeness (QED) is 0.583. The lowest BCUT2D eigenvalue weighted by molar-refractivity contribution is -0.118. The highest BCUT2D eigenvalue weighted by Crippen LogP contribution is 2.41. The first-order valence-electron chi connectivity index (χ1n) is 5.33. The summed E-state index contributed by atoms with van der Waals surface area (Å²) in [6.07, 6.45) is 9.78. The molecular weight excluding hydrogens is 184 g/mol. The molecular formula is C14H12O. The molecule has 0 radical (unpaired) electrons. The zero-order chi connectivity index (χ0) is 10.3. The van der Waals surface area contributed by atoms with Crippen LogP contribution in [0, 0.1) is 0 Å². The van der Waals surface area contributed by atoms with Gasteiger partial charge in [0, 0.05) is 0 Å². The molecule has 0 saturated heterocycles. The predicted octanol–water partition coefficient (Wildman–Crippen LogP) is 2.87. The average molecular weight is 196 g/mol. The molecule has 0 N–H and O–H groups in total. The Kier molecular flexibility index (Phi) is 1.69. The molecule has 2 aliphatic carbocycles. The first-order chi connectivity index (χ1) is 7.33. The van der Waals surface area contributed by atoms with Crippen LogP contribution >= 0.6 is 0 Å². The Hall–Kier alpha value is -1.63. The molecule has 1 heteroatoms. The molecule has 74 valence electrons. The van der Waals surface area contributed by atoms with Crippen molar-refractivity contribution in [1.82, 2.24) is 0 Å². The highest BCUT2D eigenvalue weighted by molar-refractivity contribution is 6.06. The molecule has 0 saturated carbocycles. The molecule has 15 heavy (non-hydrogen) atoms. The molecule has 0 aliphatic heterocycles. The summed E-state index contributed by atoms with van der Waals surface area (Å²) < 4.78 is 0. The third-order valence-electron chi connectivity index (χ3n) is 3.40. The fraction of sp³-hybridized carbons (Fsp3) is 0.214. The molecule has 0 amide bonds. The maximum absolute atomic E-state index is 12.0. The van der Waals surface area contributed by atoms with Crippen molar-refractivity contribution in [3.8, 4) is 0 Å². The van der Waals surface area contributed by atoms with E-state index in [1.165, 1.54) is 11.1 Å². The zero-order valence-electron chi connectivity index (χ0n) is 8.44. The van der Waals surface area contributed by atoms with Crippen LogP contribution in [0.4, 0.5) is 0 Å². The minimum Gasteiger partial charge on any atom is -0.293 e. The van der Waals surface area contributed by atoms with Crippen molar-refractivity contribution in [2.24, 2.45) is 0 Å². The molecule has 1 aromatic carbocycles. The van der Waals surface area contributed by atoms with Gasteiger partial charge in [0.25, 0.3) is 0 Å². The number of ketones is 1. The van der Waals surface area contributed by atoms with Gasteiger partial charge in [-0.25, -0.2) is 0 Å². The first-order valence-corrected chi connectivity index (χ1v) is 5.33. The fourth-order valence-corrected chi connectivity index (χ4v) is 2.60. The summed E-state index contributed by atoms with van der Waals surface area (Å²) in [5.41, 5.74) is 2.01. The van der Waals surface area contributed by atoms with Crippen molar-refractivity contribution in [1.29, 1.82) is 0 Å². The van der Waals surface area contributed by atoms with Gasteiger partial charge in [-0.1, -0.05) is 42.5 Å². The van der Waals surface area contributed by atoms with Crippen LogP contribution in [0.1, 0.15) is 24.0 Å². The zero-order valence-corrected chi connectivity index (χ0v) is 8.44. The van der Waals surface area contributed by atoms with Crippen LogP contribution in [0.25, 0.3) is 6.08 Å². The number of fused-ring (bicyclic) bond motifs is 2. The topological polar surface area (TPSA) is 17.1 Å². The van der Waals surface area contributed by atoms with Crippen LogP contribution in [-0.2, 0) is 10.2 Å². The van der Waals surface area contributed by atoms with Crippen LogP contribution < -0.4 is 0 Å². The van der Waals surface area contributed by atoms with E-state index in [0.717, 1.165) is 12.8 Å². The molecule has 0 aromatic heterocycles. The lowest BCUT2D eigenvalue weighted by Gasteiger charge is -2.29. The molecule has 0 bridgehead atoms. The first kappa shape index (κ1) is 8.66. The second-order valence-electron chi connectivity index (χ2n) is 4.20. The summed E-state index contributed by atoms with van der Waals surface area (Å²) in [6, 6.07) is 8.18. The Morgan fingerprint density at radius 2 is 2.00 bits per heavy atom. The molecule has 1 aromatic rings. The Morgan fingerprint density at radius 3 is 2.80 bits per heavy atom. The molecule has 1 unspecified atom stereocenters. The molecule has 1 nitrogen and oxygen atoms in total. The number of carbonyl (C=O) groups excluding carboxylic acids is 1. The third kappa shape index (κ3) is 1.06. The van der Waals surface area contributed by atoms with E-state index in [9.17, 15) is 4.79 Å². The standard InChI is InChI=1S/C14H12O/c15-13-8-7-11-5-1-2-6-12(11)14(13)9-3-4-10-14/h1-3,5-9H,4,10H2. The van der Waals surface area contributed by atoms with Crippen LogP contribution in [0.15, 0.2) is 42.5 Å². The third-order valence-corrected chi connectivity index (χ3v) is 3.40. The Morgan fingerprint density at radius 1 is 1.13 bits per heavy atom. The van der Waals surface area contributed by atoms with Crippen molar-refractivity contribution < 1.29 is 4.79 Å². The molecule has 1 atom stereocenters. The van der Waals surface area contributed by atoms with E-state index in [-0.39, 0.29) is 11.2 Å². The summed E-state index contributed by atoms with van der Waals surface area (Å²) in [4.78, 5) is 12.0. The van der Waals surface area contributed by atoms with Crippen molar-refractivity contribution in [3.63, 3.8) is 0 Å². The summed E-state index contributed by atoms with van der Waals surface area (Å²) >= 11 is 0. The number of carbonyl (C=O) groups is 1. The number of benzene rings is 1. The SMILES string of the molecule is O=C1C=Cc2ccccc2C12C=CCC2. The maximum atomic E-state index is 12.0. The Balaban J connectivity index is 2.27. The molecule has 3 rings (SSSR count). The normalized spacial score (nSPS) is 27.3. The fourth-order valence-electron chi connectivity index (χ4n) is 2.60. The number of rotatable bonds is 0. The Labute approximate surface area is 89.1 Å². The van der Waals surface area contributed by atoms with Gasteiger partial charge in [-0.15, -0.1) is 0 Å². The van der Waals surface area contributed by atoms with Gasteiger partial charge >= 0.3 is 0 Å². The average Bonchev–Trinajstić information content (AvgIpc) is 2.75. The second kappa shape index (κ2) is 2.93. The van der Waals surface area contributed by atoms with Crippen LogP contribution in [-0.4, -0.2) is 5.78 Å². The van der Waals surface area contributed by atoms with Gasteiger partial charge in [0.1, 0.15) is 0 Å². The summed E-state index contributed by atoms with van der Waals surface area (Å²) in [5, 5.41) is 0. The van der Waals surface area contributed by atoms with Crippen LogP contribution in [0.5, 0.6) is 0 Å². The smallest absolute Gasteiger partial charge is 0.170 e. The maximum Gasteiger partial charge on any atom is 0.170 e. The van der Waals surface area contributed by atoms with Crippen molar-refractivity contribution in [3.05, 3.63) is 53.6 Å². The molecule has 0 fully saturated rings. The largest absolute Gasteiger partial charge is 0.293 e. The highest BCUT2D eigenvalue weighted by Gasteiger charge is 2.40. The van der Waals surface area contributed by atoms with Gasteiger partial charge in [-0.05, 0) is 30.0 Å². The lowest BCUT2D eigenvalue weighted by Crippen LogP contribution is -2.33. The summed E-state index contributed by atoms with van der Waals surface area (Å²) in [6.45, 7) is 0. The summed E-state index contributed by atoms with van der Waals surface area (Å²) in [5.74, 6) is 0.231. The lowest BCUT2D eigenvalue weighted by atomic mass is 9.71. The van der Waals surface area contributed by atoms with Crippen LogP contribution in [0.2, 0.25) is 0 Å². The van der Waals surface area contributed by atoms with Gasteiger partial charge in [-0.2, -0.15) is 0 Å². The van der Waals surface area contributed by atoms with E-state index in [2.05, 4.69) is 24.3 Å².